The second-order valence-electron chi connectivity index (χ2n) is 6.37. The summed E-state index contributed by atoms with van der Waals surface area (Å²) < 4.78 is 5.24. The Bertz CT molecular complexity index is 834. The fraction of sp³-hybridized carbons (Fsp3) is 0.300. The van der Waals surface area contributed by atoms with E-state index in [1.54, 1.807) is 17.0 Å². The number of piperazine rings is 1. The van der Waals surface area contributed by atoms with E-state index >= 15 is 0 Å². The molecule has 142 valence electrons. The van der Waals surface area contributed by atoms with Gasteiger partial charge >= 0.3 is 11.8 Å². The molecule has 6 nitrogen and oxygen atoms in total. The molecule has 0 atom stereocenters. The van der Waals surface area contributed by atoms with Crippen molar-refractivity contribution in [1.82, 2.24) is 4.90 Å². The number of methoxy groups -OCH3 is 1. The number of hydrogen-bond donors (Lipinski definition) is 1. The summed E-state index contributed by atoms with van der Waals surface area (Å²) >= 11 is 6.08. The highest BCUT2D eigenvalue weighted by Gasteiger charge is 2.26. The third kappa shape index (κ3) is 4.34. The zero-order chi connectivity index (χ0) is 19.4. The smallest absolute Gasteiger partial charge is 0.314 e. The molecule has 0 saturated carbocycles. The molecular formula is C20H22ClN3O3. The van der Waals surface area contributed by atoms with Crippen LogP contribution in [0.15, 0.2) is 42.5 Å². The number of amides is 2. The normalized spacial score (nSPS) is 14.0. The highest BCUT2D eigenvalue weighted by molar-refractivity contribution is 6.39. The van der Waals surface area contributed by atoms with E-state index in [0.29, 0.717) is 42.6 Å². The molecule has 1 N–H and O–H groups in total. The second kappa shape index (κ2) is 8.31. The number of carbonyl (C=O) groups excluding carboxylic acids is 2. The van der Waals surface area contributed by atoms with Crippen molar-refractivity contribution >= 4 is 34.8 Å². The molecule has 0 bridgehead atoms. The van der Waals surface area contributed by atoms with Gasteiger partial charge in [0.05, 0.1) is 12.8 Å². The lowest BCUT2D eigenvalue weighted by molar-refractivity contribution is -0.143. The van der Waals surface area contributed by atoms with Gasteiger partial charge in [-0.1, -0.05) is 29.8 Å². The summed E-state index contributed by atoms with van der Waals surface area (Å²) in [7, 11) is 1.49. The first-order chi connectivity index (χ1) is 13.0. The van der Waals surface area contributed by atoms with E-state index in [1.165, 1.54) is 7.11 Å². The Morgan fingerprint density at radius 2 is 1.74 bits per heavy atom. The SMILES string of the molecule is COc1cc(Cl)c(C)cc1NC(=O)C(=O)N1CCN(c2ccccc2)CC1. The maximum Gasteiger partial charge on any atom is 0.314 e. The molecule has 0 aromatic heterocycles. The van der Waals surface area contributed by atoms with Crippen molar-refractivity contribution in [2.24, 2.45) is 0 Å². The summed E-state index contributed by atoms with van der Waals surface area (Å²) in [4.78, 5) is 28.7. The number of rotatable bonds is 3. The average Bonchev–Trinajstić information content (AvgIpc) is 2.70. The molecule has 1 aliphatic rings. The largest absolute Gasteiger partial charge is 0.495 e. The van der Waals surface area contributed by atoms with Gasteiger partial charge in [0.25, 0.3) is 0 Å². The van der Waals surface area contributed by atoms with Crippen molar-refractivity contribution < 1.29 is 14.3 Å². The second-order valence-corrected chi connectivity index (χ2v) is 6.78. The first kappa shape index (κ1) is 19.0. The van der Waals surface area contributed by atoms with Crippen molar-refractivity contribution in [2.75, 3.05) is 43.5 Å². The van der Waals surface area contributed by atoms with E-state index in [-0.39, 0.29) is 0 Å². The predicted octanol–water partition coefficient (Wildman–Crippen LogP) is 2.94. The molecule has 27 heavy (non-hydrogen) atoms. The Labute approximate surface area is 163 Å². The molecule has 1 aliphatic heterocycles. The maximum absolute atomic E-state index is 12.5. The number of halogens is 1. The summed E-state index contributed by atoms with van der Waals surface area (Å²) in [6.07, 6.45) is 0. The number of carbonyl (C=O) groups is 2. The standard InChI is InChI=1S/C20H22ClN3O3/c1-14-12-17(18(27-2)13-16(14)21)22-19(25)20(26)24-10-8-23(9-11-24)15-6-4-3-5-7-15/h3-7,12-13H,8-11H2,1-2H3,(H,22,25). The van der Waals surface area contributed by atoms with Crippen molar-refractivity contribution in [1.29, 1.82) is 0 Å². The molecule has 0 spiro atoms. The quantitative estimate of drug-likeness (QED) is 0.822. The van der Waals surface area contributed by atoms with Crippen molar-refractivity contribution in [3.8, 4) is 5.75 Å². The zero-order valence-corrected chi connectivity index (χ0v) is 16.1. The van der Waals surface area contributed by atoms with Gasteiger partial charge in [0, 0.05) is 43.0 Å². The van der Waals surface area contributed by atoms with Crippen LogP contribution in [0, 0.1) is 6.92 Å². The van der Waals surface area contributed by atoms with Crippen LogP contribution < -0.4 is 15.0 Å². The van der Waals surface area contributed by atoms with Crippen LogP contribution in [0.3, 0.4) is 0 Å². The Morgan fingerprint density at radius 3 is 2.37 bits per heavy atom. The molecule has 0 unspecified atom stereocenters. The minimum atomic E-state index is -0.678. The first-order valence-electron chi connectivity index (χ1n) is 8.74. The van der Waals surface area contributed by atoms with Crippen LogP contribution in [-0.4, -0.2) is 50.0 Å². The zero-order valence-electron chi connectivity index (χ0n) is 15.4. The van der Waals surface area contributed by atoms with E-state index in [4.69, 9.17) is 16.3 Å². The van der Waals surface area contributed by atoms with Crippen LogP contribution in [0.4, 0.5) is 11.4 Å². The Kier molecular flexibility index (Phi) is 5.86. The molecule has 2 aromatic carbocycles. The van der Waals surface area contributed by atoms with Gasteiger partial charge in [-0.05, 0) is 30.7 Å². The van der Waals surface area contributed by atoms with Crippen molar-refractivity contribution in [2.45, 2.75) is 6.92 Å². The molecule has 0 radical (unpaired) electrons. The lowest BCUT2D eigenvalue weighted by Crippen LogP contribution is -2.51. The predicted molar refractivity (Wildman–Crippen MR) is 107 cm³/mol. The molecule has 1 heterocycles. The molecule has 1 saturated heterocycles. The topological polar surface area (TPSA) is 61.9 Å². The van der Waals surface area contributed by atoms with Crippen LogP contribution in [0.2, 0.25) is 5.02 Å². The monoisotopic (exact) mass is 387 g/mol. The van der Waals surface area contributed by atoms with E-state index < -0.39 is 11.8 Å². The van der Waals surface area contributed by atoms with Gasteiger partial charge in [-0.2, -0.15) is 0 Å². The van der Waals surface area contributed by atoms with Crippen LogP contribution in [0.1, 0.15) is 5.56 Å². The maximum atomic E-state index is 12.5. The number of para-hydroxylation sites is 1. The summed E-state index contributed by atoms with van der Waals surface area (Å²) in [5, 5.41) is 3.18. The number of anilines is 2. The molecule has 0 aliphatic carbocycles. The van der Waals surface area contributed by atoms with Crippen LogP contribution >= 0.6 is 11.6 Å². The van der Waals surface area contributed by atoms with Crippen LogP contribution in [0.25, 0.3) is 0 Å². The molecule has 7 heteroatoms. The average molecular weight is 388 g/mol. The fourth-order valence-electron chi connectivity index (χ4n) is 3.06. The van der Waals surface area contributed by atoms with Gasteiger partial charge in [-0.25, -0.2) is 0 Å². The third-order valence-electron chi connectivity index (χ3n) is 4.61. The number of hydrogen-bond acceptors (Lipinski definition) is 4. The third-order valence-corrected chi connectivity index (χ3v) is 5.02. The van der Waals surface area contributed by atoms with Gasteiger partial charge in [-0.15, -0.1) is 0 Å². The molecule has 2 aromatic rings. The first-order valence-corrected chi connectivity index (χ1v) is 9.12. The van der Waals surface area contributed by atoms with E-state index in [9.17, 15) is 9.59 Å². The van der Waals surface area contributed by atoms with Crippen molar-refractivity contribution in [3.63, 3.8) is 0 Å². The molecular weight excluding hydrogens is 366 g/mol. The van der Waals surface area contributed by atoms with E-state index in [0.717, 1.165) is 11.3 Å². The summed E-state index contributed by atoms with van der Waals surface area (Å²) in [6.45, 7) is 4.19. The van der Waals surface area contributed by atoms with Gasteiger partial charge in [0.15, 0.2) is 0 Å². The highest BCUT2D eigenvalue weighted by atomic mass is 35.5. The lowest BCUT2D eigenvalue weighted by Gasteiger charge is -2.35. The van der Waals surface area contributed by atoms with E-state index in [1.807, 2.05) is 37.3 Å². The summed E-state index contributed by atoms with van der Waals surface area (Å²) in [6, 6.07) is 13.3. The summed E-state index contributed by atoms with van der Waals surface area (Å²) in [5.41, 5.74) is 2.34. The number of aryl methyl sites for hydroxylation is 1. The minimum absolute atomic E-state index is 0.417. The fourth-order valence-corrected chi connectivity index (χ4v) is 3.21. The highest BCUT2D eigenvalue weighted by Crippen LogP contribution is 2.31. The van der Waals surface area contributed by atoms with Gasteiger partial charge in [0.1, 0.15) is 5.75 Å². The Morgan fingerprint density at radius 1 is 1.07 bits per heavy atom. The van der Waals surface area contributed by atoms with Crippen molar-refractivity contribution in [3.05, 3.63) is 53.1 Å². The van der Waals surface area contributed by atoms with Gasteiger partial charge in [0.2, 0.25) is 0 Å². The van der Waals surface area contributed by atoms with Crippen LogP contribution in [0.5, 0.6) is 5.75 Å². The number of benzene rings is 2. The van der Waals surface area contributed by atoms with Crippen LogP contribution in [-0.2, 0) is 9.59 Å². The number of ether oxygens (including phenoxy) is 1. The van der Waals surface area contributed by atoms with E-state index in [2.05, 4.69) is 10.2 Å². The van der Waals surface area contributed by atoms with Gasteiger partial charge in [-0.3, -0.25) is 9.59 Å². The van der Waals surface area contributed by atoms with Gasteiger partial charge < -0.3 is 19.9 Å². The Balaban J connectivity index is 1.62. The number of nitrogens with one attached hydrogen (secondary N) is 1. The molecule has 3 rings (SSSR count). The number of nitrogens with zero attached hydrogens (tertiary/aromatic N) is 2. The molecule has 1 fully saturated rings. The molecule has 2 amide bonds. The Hall–Kier alpha value is -2.73. The lowest BCUT2D eigenvalue weighted by atomic mass is 10.2. The minimum Gasteiger partial charge on any atom is -0.495 e. The summed E-state index contributed by atoms with van der Waals surface area (Å²) in [5.74, 6) is -0.804.